The summed E-state index contributed by atoms with van der Waals surface area (Å²) in [7, 11) is 2.51. The molecular formula is C69H58BN2OS. The highest BCUT2D eigenvalue weighted by Gasteiger charge is 2.46. The number of anilines is 5. The number of hydrogen-bond donors (Lipinski definition) is 1. The molecule has 2 aromatic heterocycles. The molecular weight excluding hydrogens is 916 g/mol. The first kappa shape index (κ1) is 45.1. The number of para-hydroxylation sites is 3. The Kier molecular flexibility index (Phi) is 9.86. The van der Waals surface area contributed by atoms with Crippen LogP contribution in [-0.2, 0) is 21.7 Å². The summed E-state index contributed by atoms with van der Waals surface area (Å²) in [5.41, 5.74) is 21.7. The number of benzene rings is 9. The lowest BCUT2D eigenvalue weighted by atomic mass is 9.60. The highest BCUT2D eigenvalue weighted by Crippen LogP contribution is 2.58. The quantitative estimate of drug-likeness (QED) is 0.174. The summed E-state index contributed by atoms with van der Waals surface area (Å²) in [6, 6.07) is 72.5. The van der Waals surface area contributed by atoms with Crippen molar-refractivity contribution in [2.24, 2.45) is 0 Å². The van der Waals surface area contributed by atoms with Gasteiger partial charge >= 0.3 is 0 Å². The van der Waals surface area contributed by atoms with Gasteiger partial charge in [-0.25, -0.2) is 0 Å². The molecule has 3 nitrogen and oxygen atoms in total. The summed E-state index contributed by atoms with van der Waals surface area (Å²) in [6.07, 6.45) is 2.32. The van der Waals surface area contributed by atoms with Crippen molar-refractivity contribution < 1.29 is 4.42 Å². The Balaban J connectivity index is 1.13. The fourth-order valence-electron chi connectivity index (χ4n) is 13.1. The van der Waals surface area contributed by atoms with E-state index in [2.05, 4.69) is 260 Å². The summed E-state index contributed by atoms with van der Waals surface area (Å²) in [5.74, 6) is 0. The largest absolute Gasteiger partial charge is 0.455 e. The van der Waals surface area contributed by atoms with E-state index in [1.165, 1.54) is 77.0 Å². The van der Waals surface area contributed by atoms with Gasteiger partial charge < -0.3 is 14.6 Å². The van der Waals surface area contributed by atoms with Crippen LogP contribution in [0.3, 0.4) is 0 Å². The molecule has 0 amide bonds. The third-order valence-electron chi connectivity index (χ3n) is 17.0. The molecule has 4 heterocycles. The Hall–Kier alpha value is -7.60. The van der Waals surface area contributed by atoms with E-state index >= 15 is 0 Å². The number of thiophene rings is 1. The summed E-state index contributed by atoms with van der Waals surface area (Å²) in [4.78, 5) is 2.65. The van der Waals surface area contributed by atoms with Crippen molar-refractivity contribution >= 4 is 89.3 Å². The molecule has 0 saturated carbocycles. The van der Waals surface area contributed by atoms with E-state index in [1.54, 1.807) is 0 Å². The molecule has 0 atom stereocenters. The molecule has 2 aliphatic heterocycles. The smallest absolute Gasteiger partial charge is 0.212 e. The van der Waals surface area contributed by atoms with Gasteiger partial charge in [0.25, 0.3) is 0 Å². The van der Waals surface area contributed by atoms with E-state index < -0.39 is 5.41 Å². The van der Waals surface area contributed by atoms with Gasteiger partial charge in [0.05, 0.1) is 22.5 Å². The minimum absolute atomic E-state index is 0.0420. The molecule has 0 fully saturated rings. The van der Waals surface area contributed by atoms with Crippen LogP contribution in [0.2, 0.25) is 0 Å². The molecule has 0 unspecified atom stereocenters. The van der Waals surface area contributed by atoms with Crippen LogP contribution in [0.4, 0.5) is 28.4 Å². The van der Waals surface area contributed by atoms with Crippen LogP contribution in [0.1, 0.15) is 100 Å². The zero-order valence-corrected chi connectivity index (χ0v) is 44.0. The molecule has 14 rings (SSSR count). The topological polar surface area (TPSA) is 28.4 Å². The van der Waals surface area contributed by atoms with Crippen LogP contribution in [0.5, 0.6) is 0 Å². The van der Waals surface area contributed by atoms with Crippen molar-refractivity contribution in [1.82, 2.24) is 0 Å². The van der Waals surface area contributed by atoms with Crippen molar-refractivity contribution in [3.63, 3.8) is 0 Å². The second-order valence-electron chi connectivity index (χ2n) is 23.3. The van der Waals surface area contributed by atoms with Gasteiger partial charge in [-0.3, -0.25) is 0 Å². The minimum atomic E-state index is -0.633. The van der Waals surface area contributed by atoms with Gasteiger partial charge in [-0.15, -0.1) is 11.3 Å². The highest BCUT2D eigenvalue weighted by atomic mass is 32.1. The zero-order valence-electron chi connectivity index (χ0n) is 43.2. The first-order chi connectivity index (χ1) is 35.8. The van der Waals surface area contributed by atoms with E-state index in [9.17, 15) is 0 Å². The minimum Gasteiger partial charge on any atom is -0.455 e. The van der Waals surface area contributed by atoms with Crippen LogP contribution < -0.4 is 20.5 Å². The van der Waals surface area contributed by atoms with Crippen molar-refractivity contribution in [3.8, 4) is 22.3 Å². The van der Waals surface area contributed by atoms with E-state index in [0.29, 0.717) is 0 Å². The lowest BCUT2D eigenvalue weighted by molar-refractivity contribution is 0.332. The lowest BCUT2D eigenvalue weighted by Crippen LogP contribution is -2.40. The summed E-state index contributed by atoms with van der Waals surface area (Å²) >= 11 is 1.93. The van der Waals surface area contributed by atoms with Crippen molar-refractivity contribution in [2.45, 2.75) is 83.0 Å². The molecule has 9 aromatic carbocycles. The van der Waals surface area contributed by atoms with Crippen LogP contribution in [0.25, 0.3) is 54.3 Å². The van der Waals surface area contributed by atoms with Gasteiger partial charge in [-0.05, 0) is 126 Å². The Bertz CT molecular complexity index is 4020. The maximum atomic E-state index is 7.27. The average Bonchev–Trinajstić information content (AvgIpc) is 4.04. The standard InChI is InChI=1S/C69H58BN2OS/c1-66(2,3)45-34-35-56(48(38-45)42-22-11-8-12-23-42)72-57-40-49-46-28-17-20-33-58(46)73-64(49)60(61(57)70-65-63(72)50-39-53-54(41-59(50)74-65)68(6,7)37-36-67(53,4)5)47-29-21-31-52-62(47)71-55-32-19-18-30-51(55)69(52,43-24-13-9-14-25-43)44-26-15-10-16-27-44/h8-35,38-41,71H,36-37H2,1-7H3. The predicted octanol–water partition coefficient (Wildman–Crippen LogP) is 17.7. The Labute approximate surface area is 439 Å². The highest BCUT2D eigenvalue weighted by molar-refractivity contribution is 7.29. The SMILES string of the molecule is CC(C)(C)c1ccc(N2c3cc4c(oc5ccccc54)c(-c4cccc5c4Nc4ccccc4C5(c4ccccc4)c4ccccc4)c3[B]c3sc4cc5c(cc4c32)C(C)(C)CCC5(C)C)c(-c2ccccc2)c1. The Morgan fingerprint density at radius 3 is 1.91 bits per heavy atom. The maximum absolute atomic E-state index is 7.27. The number of furan rings is 1. The zero-order chi connectivity index (χ0) is 50.3. The average molecular weight is 974 g/mol. The fourth-order valence-corrected chi connectivity index (χ4v) is 14.2. The van der Waals surface area contributed by atoms with E-state index in [0.717, 1.165) is 67.7 Å². The van der Waals surface area contributed by atoms with Gasteiger partial charge in [0, 0.05) is 48.9 Å². The molecule has 74 heavy (non-hydrogen) atoms. The molecule has 0 spiro atoms. The molecule has 1 aliphatic carbocycles. The van der Waals surface area contributed by atoms with Crippen LogP contribution in [0, 0.1) is 0 Å². The normalized spacial score (nSPS) is 15.9. The van der Waals surface area contributed by atoms with Crippen LogP contribution in [0.15, 0.2) is 199 Å². The number of rotatable bonds is 5. The first-order valence-corrected chi connectivity index (χ1v) is 27.2. The van der Waals surface area contributed by atoms with Gasteiger partial charge in [0.2, 0.25) is 7.28 Å². The number of nitrogens with zero attached hydrogens (tertiary/aromatic N) is 1. The van der Waals surface area contributed by atoms with Gasteiger partial charge in [-0.2, -0.15) is 0 Å². The Morgan fingerprint density at radius 2 is 1.19 bits per heavy atom. The van der Waals surface area contributed by atoms with E-state index in [4.69, 9.17) is 4.42 Å². The first-order valence-electron chi connectivity index (χ1n) is 26.4. The van der Waals surface area contributed by atoms with Gasteiger partial charge in [0.1, 0.15) is 11.2 Å². The fraction of sp³-hybridized carbons (Fsp3) is 0.188. The molecule has 1 N–H and O–H groups in total. The second kappa shape index (κ2) is 16.2. The number of fused-ring (bicyclic) bond motifs is 10. The van der Waals surface area contributed by atoms with Crippen molar-refractivity contribution in [3.05, 3.63) is 233 Å². The Morgan fingerprint density at radius 1 is 0.554 bits per heavy atom. The monoisotopic (exact) mass is 973 g/mol. The predicted molar refractivity (Wildman–Crippen MR) is 315 cm³/mol. The van der Waals surface area contributed by atoms with E-state index in [1.807, 2.05) is 11.3 Å². The summed E-state index contributed by atoms with van der Waals surface area (Å²) in [6.45, 7) is 16.8. The third-order valence-corrected chi connectivity index (χ3v) is 18.1. The lowest BCUT2D eigenvalue weighted by Gasteiger charge is -2.43. The molecule has 3 aliphatic rings. The number of nitrogens with one attached hydrogen (secondary N) is 1. The van der Waals surface area contributed by atoms with Crippen molar-refractivity contribution in [2.75, 3.05) is 10.2 Å². The second-order valence-corrected chi connectivity index (χ2v) is 24.4. The van der Waals surface area contributed by atoms with Gasteiger partial charge in [0.15, 0.2) is 0 Å². The summed E-state index contributed by atoms with van der Waals surface area (Å²) in [5, 5.41) is 7.62. The van der Waals surface area contributed by atoms with E-state index in [-0.39, 0.29) is 16.2 Å². The molecule has 0 saturated heterocycles. The van der Waals surface area contributed by atoms with Gasteiger partial charge in [-0.1, -0.05) is 200 Å². The molecule has 1 radical (unpaired) electrons. The molecule has 0 bridgehead atoms. The molecule has 11 aromatic rings. The molecule has 359 valence electrons. The third kappa shape index (κ3) is 6.58. The van der Waals surface area contributed by atoms with Crippen molar-refractivity contribution in [1.29, 1.82) is 0 Å². The summed E-state index contributed by atoms with van der Waals surface area (Å²) < 4.78 is 9.83. The van der Waals surface area contributed by atoms with Crippen LogP contribution >= 0.6 is 11.3 Å². The maximum Gasteiger partial charge on any atom is 0.212 e. The van der Waals surface area contributed by atoms with Crippen LogP contribution in [-0.4, -0.2) is 7.28 Å². The molecule has 5 heteroatoms. The number of hydrogen-bond acceptors (Lipinski definition) is 4.